The van der Waals surface area contributed by atoms with Crippen molar-refractivity contribution in [3.63, 3.8) is 0 Å². The molecule has 0 heterocycles. The fourth-order valence-electron chi connectivity index (χ4n) is 1.46. The largest absolute Gasteiger partial charge is 0.464 e. The number of rotatable bonds is 7. The normalized spacial score (nSPS) is 11.7. The average molecular weight is 231 g/mol. The fourth-order valence-corrected chi connectivity index (χ4v) is 1.46. The SMILES string of the molecule is CC.CCCC(CCC)COC(=O)C(C)N. The maximum atomic E-state index is 11.1. The van der Waals surface area contributed by atoms with E-state index in [1.165, 1.54) is 0 Å². The first-order valence-electron chi connectivity index (χ1n) is 6.54. The van der Waals surface area contributed by atoms with E-state index in [0.29, 0.717) is 12.5 Å². The fraction of sp³-hybridized carbons (Fsp3) is 0.923. The number of esters is 1. The van der Waals surface area contributed by atoms with Crippen molar-refractivity contribution in [1.29, 1.82) is 0 Å². The summed E-state index contributed by atoms with van der Waals surface area (Å²) in [4.78, 5) is 11.1. The molecule has 3 nitrogen and oxygen atoms in total. The van der Waals surface area contributed by atoms with E-state index < -0.39 is 6.04 Å². The molecule has 1 atom stereocenters. The maximum Gasteiger partial charge on any atom is 0.322 e. The summed E-state index contributed by atoms with van der Waals surface area (Å²) in [6, 6.07) is -0.501. The predicted molar refractivity (Wildman–Crippen MR) is 69.3 cm³/mol. The minimum atomic E-state index is -0.501. The third-order valence-electron chi connectivity index (χ3n) is 2.23. The van der Waals surface area contributed by atoms with Crippen LogP contribution in [0.15, 0.2) is 0 Å². The molecule has 1 unspecified atom stereocenters. The molecule has 16 heavy (non-hydrogen) atoms. The van der Waals surface area contributed by atoms with Crippen LogP contribution in [-0.4, -0.2) is 18.6 Å². The topological polar surface area (TPSA) is 52.3 Å². The minimum absolute atomic E-state index is 0.290. The molecular formula is C13H29NO2. The number of carbonyl (C=O) groups is 1. The summed E-state index contributed by atoms with van der Waals surface area (Å²) in [7, 11) is 0. The van der Waals surface area contributed by atoms with E-state index >= 15 is 0 Å². The molecule has 0 amide bonds. The molecule has 3 heteroatoms. The summed E-state index contributed by atoms with van der Waals surface area (Å²) in [5.74, 6) is 0.218. The van der Waals surface area contributed by atoms with Gasteiger partial charge >= 0.3 is 5.97 Å². The number of hydrogen-bond donors (Lipinski definition) is 1. The number of hydrogen-bond acceptors (Lipinski definition) is 3. The lowest BCUT2D eigenvalue weighted by atomic mass is 9.99. The highest BCUT2D eigenvalue weighted by Crippen LogP contribution is 2.13. The zero-order valence-corrected chi connectivity index (χ0v) is 11.6. The second kappa shape index (κ2) is 12.5. The van der Waals surface area contributed by atoms with Crippen molar-refractivity contribution in [2.24, 2.45) is 11.7 Å². The van der Waals surface area contributed by atoms with Crippen molar-refractivity contribution >= 4 is 5.97 Å². The number of nitrogens with two attached hydrogens (primary N) is 1. The van der Waals surface area contributed by atoms with Crippen molar-refractivity contribution in [2.45, 2.75) is 66.3 Å². The standard InChI is InChI=1S/C11H23NO2.C2H6/c1-4-6-10(7-5-2)8-14-11(13)9(3)12;1-2/h9-10H,4-8,12H2,1-3H3;1-2H3. The molecule has 0 bridgehead atoms. The van der Waals surface area contributed by atoms with Gasteiger partial charge in [-0.1, -0.05) is 40.5 Å². The molecule has 0 aromatic heterocycles. The van der Waals surface area contributed by atoms with Crippen LogP contribution in [0.3, 0.4) is 0 Å². The van der Waals surface area contributed by atoms with Crippen LogP contribution < -0.4 is 5.73 Å². The molecule has 0 aliphatic heterocycles. The summed E-state index contributed by atoms with van der Waals surface area (Å²) in [5.41, 5.74) is 5.40. The first-order chi connectivity index (χ1) is 7.61. The zero-order valence-electron chi connectivity index (χ0n) is 11.6. The lowest BCUT2D eigenvalue weighted by Gasteiger charge is -2.16. The van der Waals surface area contributed by atoms with Crippen LogP contribution in [0.25, 0.3) is 0 Å². The summed E-state index contributed by atoms with van der Waals surface area (Å²) < 4.78 is 5.11. The highest BCUT2D eigenvalue weighted by molar-refractivity contribution is 5.74. The Bertz CT molecular complexity index is 152. The summed E-state index contributed by atoms with van der Waals surface area (Å²) in [6.45, 7) is 10.5. The third-order valence-corrected chi connectivity index (χ3v) is 2.23. The molecule has 0 saturated carbocycles. The lowest BCUT2D eigenvalue weighted by molar-refractivity contribution is -0.146. The van der Waals surface area contributed by atoms with Crippen molar-refractivity contribution in [1.82, 2.24) is 0 Å². The van der Waals surface area contributed by atoms with Crippen LogP contribution >= 0.6 is 0 Å². The van der Waals surface area contributed by atoms with Gasteiger partial charge in [-0.05, 0) is 25.7 Å². The van der Waals surface area contributed by atoms with Gasteiger partial charge in [0.05, 0.1) is 6.61 Å². The first kappa shape index (κ1) is 17.8. The molecule has 0 saturated heterocycles. The van der Waals surface area contributed by atoms with Crippen molar-refractivity contribution in [3.8, 4) is 0 Å². The van der Waals surface area contributed by atoms with Crippen molar-refractivity contribution in [3.05, 3.63) is 0 Å². The van der Waals surface area contributed by atoms with Gasteiger partial charge in [0, 0.05) is 0 Å². The van der Waals surface area contributed by atoms with E-state index in [1.54, 1.807) is 6.92 Å². The quantitative estimate of drug-likeness (QED) is 0.685. The summed E-state index contributed by atoms with van der Waals surface area (Å²) in [6.07, 6.45) is 4.53. The Balaban J connectivity index is 0. The lowest BCUT2D eigenvalue weighted by Crippen LogP contribution is -2.30. The molecule has 0 aliphatic rings. The van der Waals surface area contributed by atoms with E-state index in [9.17, 15) is 4.79 Å². The Morgan fingerprint density at radius 3 is 1.94 bits per heavy atom. The Morgan fingerprint density at radius 1 is 1.19 bits per heavy atom. The van der Waals surface area contributed by atoms with Gasteiger partial charge in [0.2, 0.25) is 0 Å². The Labute approximate surface area is 101 Å². The van der Waals surface area contributed by atoms with Gasteiger partial charge in [-0.3, -0.25) is 4.79 Å². The van der Waals surface area contributed by atoms with Crippen LogP contribution in [0.1, 0.15) is 60.3 Å². The molecule has 0 rings (SSSR count). The van der Waals surface area contributed by atoms with Gasteiger partial charge in [0.15, 0.2) is 0 Å². The molecule has 2 N–H and O–H groups in total. The maximum absolute atomic E-state index is 11.1. The second-order valence-electron chi connectivity index (χ2n) is 3.86. The highest BCUT2D eigenvalue weighted by Gasteiger charge is 2.12. The Kier molecular flexibility index (Phi) is 13.9. The smallest absolute Gasteiger partial charge is 0.322 e. The minimum Gasteiger partial charge on any atom is -0.464 e. The molecule has 98 valence electrons. The average Bonchev–Trinajstić information content (AvgIpc) is 2.28. The van der Waals surface area contributed by atoms with Crippen molar-refractivity contribution < 1.29 is 9.53 Å². The molecular weight excluding hydrogens is 202 g/mol. The number of ether oxygens (including phenoxy) is 1. The first-order valence-corrected chi connectivity index (χ1v) is 6.54. The molecule has 0 aromatic carbocycles. The molecule has 0 aliphatic carbocycles. The van der Waals surface area contributed by atoms with E-state index in [1.807, 2.05) is 13.8 Å². The summed E-state index contributed by atoms with van der Waals surface area (Å²) >= 11 is 0. The Hall–Kier alpha value is -0.570. The monoisotopic (exact) mass is 231 g/mol. The second-order valence-corrected chi connectivity index (χ2v) is 3.86. The van der Waals surface area contributed by atoms with Gasteiger partial charge in [0.1, 0.15) is 6.04 Å². The van der Waals surface area contributed by atoms with Crippen LogP contribution in [0, 0.1) is 5.92 Å². The predicted octanol–water partition coefficient (Wildman–Crippen LogP) is 3.12. The zero-order chi connectivity index (χ0) is 13.0. The van der Waals surface area contributed by atoms with Gasteiger partial charge in [-0.2, -0.15) is 0 Å². The molecule has 0 aromatic rings. The highest BCUT2D eigenvalue weighted by atomic mass is 16.5. The van der Waals surface area contributed by atoms with Crippen molar-refractivity contribution in [2.75, 3.05) is 6.61 Å². The van der Waals surface area contributed by atoms with E-state index in [-0.39, 0.29) is 5.97 Å². The van der Waals surface area contributed by atoms with Gasteiger partial charge in [0.25, 0.3) is 0 Å². The van der Waals surface area contributed by atoms with Crippen LogP contribution in [0.2, 0.25) is 0 Å². The molecule has 0 radical (unpaired) electrons. The summed E-state index contributed by atoms with van der Waals surface area (Å²) in [5, 5.41) is 0. The van der Waals surface area contributed by atoms with E-state index in [0.717, 1.165) is 25.7 Å². The van der Waals surface area contributed by atoms with Crippen LogP contribution in [-0.2, 0) is 9.53 Å². The molecule has 0 fully saturated rings. The van der Waals surface area contributed by atoms with Gasteiger partial charge in [-0.25, -0.2) is 0 Å². The van der Waals surface area contributed by atoms with Crippen LogP contribution in [0.5, 0.6) is 0 Å². The van der Waals surface area contributed by atoms with Gasteiger partial charge < -0.3 is 10.5 Å². The van der Waals surface area contributed by atoms with E-state index in [4.69, 9.17) is 10.5 Å². The van der Waals surface area contributed by atoms with Gasteiger partial charge in [-0.15, -0.1) is 0 Å². The van der Waals surface area contributed by atoms with Crippen LogP contribution in [0.4, 0.5) is 0 Å². The molecule has 0 spiro atoms. The third kappa shape index (κ3) is 9.97. The Morgan fingerprint density at radius 2 is 1.62 bits per heavy atom. The number of carbonyl (C=O) groups excluding carboxylic acids is 1. The van der Waals surface area contributed by atoms with E-state index in [2.05, 4.69) is 13.8 Å².